The molecule has 7 heteroatoms. The van der Waals surface area contributed by atoms with Gasteiger partial charge in [-0.3, -0.25) is 14.5 Å². The van der Waals surface area contributed by atoms with Crippen molar-refractivity contribution in [3.63, 3.8) is 0 Å². The van der Waals surface area contributed by atoms with Crippen LogP contribution in [0.4, 0.5) is 0 Å². The number of aliphatic hydroxyl groups excluding tert-OH is 2. The minimum Gasteiger partial charge on any atom is -0.391 e. The Bertz CT molecular complexity index is 577. The maximum atomic E-state index is 12.4. The fourth-order valence-corrected chi connectivity index (χ4v) is 2.76. The lowest BCUT2D eigenvalue weighted by atomic mass is 10.1. The Morgan fingerprint density at radius 3 is 2.65 bits per heavy atom. The summed E-state index contributed by atoms with van der Waals surface area (Å²) in [7, 11) is 0. The first-order chi connectivity index (χ1) is 11.0. The van der Waals surface area contributed by atoms with Gasteiger partial charge in [0.2, 0.25) is 5.91 Å². The molecule has 0 unspecified atom stereocenters. The highest BCUT2D eigenvalue weighted by molar-refractivity contribution is 6.04. The van der Waals surface area contributed by atoms with E-state index in [0.717, 1.165) is 10.5 Å². The van der Waals surface area contributed by atoms with Gasteiger partial charge in [-0.1, -0.05) is 30.3 Å². The Labute approximate surface area is 133 Å². The van der Waals surface area contributed by atoms with Gasteiger partial charge in [0.15, 0.2) is 6.29 Å². The minimum atomic E-state index is -1.02. The van der Waals surface area contributed by atoms with Crippen LogP contribution in [0.2, 0.25) is 0 Å². The maximum Gasteiger partial charge on any atom is 0.259 e. The van der Waals surface area contributed by atoms with E-state index < -0.39 is 30.5 Å². The van der Waals surface area contributed by atoms with Crippen molar-refractivity contribution >= 4 is 11.8 Å². The molecule has 0 saturated carbocycles. The summed E-state index contributed by atoms with van der Waals surface area (Å²) in [6.07, 6.45) is -3.68. The Morgan fingerprint density at radius 1 is 1.22 bits per heavy atom. The van der Waals surface area contributed by atoms with Crippen LogP contribution in [-0.4, -0.2) is 58.1 Å². The molecule has 3 rings (SSSR count). The highest BCUT2D eigenvalue weighted by Gasteiger charge is 2.42. The number of nitrogens with zero attached hydrogens (tertiary/aromatic N) is 1. The predicted octanol–water partition coefficient (Wildman–Crippen LogP) is -0.201. The van der Waals surface area contributed by atoms with Crippen molar-refractivity contribution in [3.8, 4) is 0 Å². The number of carbonyl (C=O) groups is 2. The monoisotopic (exact) mass is 321 g/mol. The second-order valence-corrected chi connectivity index (χ2v) is 5.79. The number of hydrogen-bond acceptors (Lipinski definition) is 6. The van der Waals surface area contributed by atoms with Gasteiger partial charge in [0.05, 0.1) is 25.7 Å². The van der Waals surface area contributed by atoms with E-state index in [1.807, 2.05) is 30.3 Å². The van der Waals surface area contributed by atoms with Crippen LogP contribution in [-0.2, 0) is 25.6 Å². The Hall–Kier alpha value is -1.80. The zero-order valence-corrected chi connectivity index (χ0v) is 12.5. The number of rotatable bonds is 4. The molecule has 4 atom stereocenters. The molecule has 124 valence electrons. The van der Waals surface area contributed by atoms with E-state index in [9.17, 15) is 19.8 Å². The summed E-state index contributed by atoms with van der Waals surface area (Å²) >= 11 is 0. The molecule has 1 aromatic rings. The first kappa shape index (κ1) is 16.1. The molecule has 2 N–H and O–H groups in total. The number of aliphatic hydroxyl groups is 2. The third-order valence-electron chi connectivity index (χ3n) is 3.97. The fourth-order valence-electron chi connectivity index (χ4n) is 2.76. The van der Waals surface area contributed by atoms with Crippen LogP contribution in [0, 0.1) is 0 Å². The third kappa shape index (κ3) is 3.59. The average molecular weight is 321 g/mol. The summed E-state index contributed by atoms with van der Waals surface area (Å²) < 4.78 is 10.7. The maximum absolute atomic E-state index is 12.4. The SMILES string of the molecule is O=C1C[C@@H](O[C@@H]2OC[C@H](O)C[C@H]2O)C(=O)N1Cc1ccccc1. The third-order valence-corrected chi connectivity index (χ3v) is 3.97. The highest BCUT2D eigenvalue weighted by Crippen LogP contribution is 2.24. The van der Waals surface area contributed by atoms with Gasteiger partial charge in [-0.05, 0) is 5.56 Å². The highest BCUT2D eigenvalue weighted by atomic mass is 16.7. The topological polar surface area (TPSA) is 96.3 Å². The van der Waals surface area contributed by atoms with Gasteiger partial charge in [-0.2, -0.15) is 0 Å². The van der Waals surface area contributed by atoms with Crippen molar-refractivity contribution in [2.24, 2.45) is 0 Å². The molecule has 0 spiro atoms. The average Bonchev–Trinajstić information content (AvgIpc) is 2.79. The lowest BCUT2D eigenvalue weighted by Crippen LogP contribution is -2.45. The van der Waals surface area contributed by atoms with E-state index in [4.69, 9.17) is 9.47 Å². The lowest BCUT2D eigenvalue weighted by molar-refractivity contribution is -0.248. The molecule has 1 aromatic carbocycles. The standard InChI is InChI=1S/C16H19NO6/c18-11-6-12(19)16(22-9-11)23-13-7-14(20)17(15(13)21)8-10-4-2-1-3-5-10/h1-5,11-13,16,18-19H,6-9H2/t11-,12-,13-,16+/m1/s1. The van der Waals surface area contributed by atoms with Crippen molar-refractivity contribution in [1.82, 2.24) is 4.90 Å². The first-order valence-electron chi connectivity index (χ1n) is 7.56. The Kier molecular flexibility index (Phi) is 4.72. The summed E-state index contributed by atoms with van der Waals surface area (Å²) in [5.41, 5.74) is 0.854. The van der Waals surface area contributed by atoms with Crippen LogP contribution in [0.5, 0.6) is 0 Å². The molecule has 23 heavy (non-hydrogen) atoms. The minimum absolute atomic E-state index is 0.0321. The van der Waals surface area contributed by atoms with Crippen LogP contribution in [0.3, 0.4) is 0 Å². The van der Waals surface area contributed by atoms with Gasteiger partial charge in [-0.15, -0.1) is 0 Å². The van der Waals surface area contributed by atoms with Gasteiger partial charge in [0.1, 0.15) is 12.2 Å². The smallest absolute Gasteiger partial charge is 0.259 e. The summed E-state index contributed by atoms with van der Waals surface area (Å²) in [5.74, 6) is -0.741. The number of likely N-dealkylation sites (tertiary alicyclic amines) is 1. The van der Waals surface area contributed by atoms with E-state index in [1.165, 1.54) is 0 Å². The number of hydrogen-bond donors (Lipinski definition) is 2. The van der Waals surface area contributed by atoms with Crippen LogP contribution in [0.1, 0.15) is 18.4 Å². The van der Waals surface area contributed by atoms with Crippen molar-refractivity contribution in [3.05, 3.63) is 35.9 Å². The summed E-state index contributed by atoms with van der Waals surface area (Å²) in [5, 5.41) is 19.2. The van der Waals surface area contributed by atoms with Gasteiger partial charge in [0, 0.05) is 6.42 Å². The van der Waals surface area contributed by atoms with Crippen LogP contribution < -0.4 is 0 Å². The number of imide groups is 1. The zero-order chi connectivity index (χ0) is 16.4. The second kappa shape index (κ2) is 6.76. The fraction of sp³-hybridized carbons (Fsp3) is 0.500. The molecule has 2 amide bonds. The van der Waals surface area contributed by atoms with E-state index >= 15 is 0 Å². The molecule has 0 aliphatic carbocycles. The largest absolute Gasteiger partial charge is 0.391 e. The molecular weight excluding hydrogens is 302 g/mol. The first-order valence-corrected chi connectivity index (χ1v) is 7.56. The van der Waals surface area contributed by atoms with Gasteiger partial charge in [-0.25, -0.2) is 0 Å². The second-order valence-electron chi connectivity index (χ2n) is 5.79. The summed E-state index contributed by atoms with van der Waals surface area (Å²) in [6.45, 7) is 0.232. The van der Waals surface area contributed by atoms with Gasteiger partial charge < -0.3 is 19.7 Å². The number of benzene rings is 1. The molecule has 2 aliphatic rings. The molecule has 0 aromatic heterocycles. The number of amides is 2. The van der Waals surface area contributed by atoms with Crippen LogP contribution in [0.25, 0.3) is 0 Å². The lowest BCUT2D eigenvalue weighted by Gasteiger charge is -2.31. The summed E-state index contributed by atoms with van der Waals surface area (Å²) in [6, 6.07) is 9.21. The number of carbonyl (C=O) groups excluding carboxylic acids is 2. The molecule has 2 saturated heterocycles. The molecule has 0 radical (unpaired) electrons. The number of ether oxygens (including phenoxy) is 2. The zero-order valence-electron chi connectivity index (χ0n) is 12.5. The van der Waals surface area contributed by atoms with Gasteiger partial charge in [0.25, 0.3) is 5.91 Å². The molecule has 0 bridgehead atoms. The summed E-state index contributed by atoms with van der Waals surface area (Å²) in [4.78, 5) is 25.6. The Morgan fingerprint density at radius 2 is 1.96 bits per heavy atom. The van der Waals surface area contributed by atoms with Crippen LogP contribution in [0.15, 0.2) is 30.3 Å². The molecule has 2 fully saturated rings. The molecule has 2 heterocycles. The van der Waals surface area contributed by atoms with Crippen LogP contribution >= 0.6 is 0 Å². The normalized spacial score (nSPS) is 31.7. The van der Waals surface area contributed by atoms with Crippen molar-refractivity contribution in [2.75, 3.05) is 6.61 Å². The van der Waals surface area contributed by atoms with E-state index in [2.05, 4.69) is 0 Å². The van der Waals surface area contributed by atoms with Gasteiger partial charge >= 0.3 is 0 Å². The van der Waals surface area contributed by atoms with E-state index in [1.54, 1.807) is 0 Å². The molecule has 2 aliphatic heterocycles. The van der Waals surface area contributed by atoms with E-state index in [-0.39, 0.29) is 31.9 Å². The quantitative estimate of drug-likeness (QED) is 0.746. The molecule has 7 nitrogen and oxygen atoms in total. The van der Waals surface area contributed by atoms with E-state index in [0.29, 0.717) is 0 Å². The Balaban J connectivity index is 1.62. The predicted molar refractivity (Wildman–Crippen MR) is 77.9 cm³/mol. The van der Waals surface area contributed by atoms with Crippen molar-refractivity contribution < 1.29 is 29.3 Å². The van der Waals surface area contributed by atoms with Crippen molar-refractivity contribution in [2.45, 2.75) is 44.0 Å². The molecular formula is C16H19NO6. The van der Waals surface area contributed by atoms with Crippen molar-refractivity contribution in [1.29, 1.82) is 0 Å².